The number of fused-ring (bicyclic) bond motifs is 1. The first-order valence-electron chi connectivity index (χ1n) is 8.88. The fourth-order valence-electron chi connectivity index (χ4n) is 3.81. The number of aliphatic hydroxyl groups excluding tert-OH is 1. The Balaban J connectivity index is 1.55. The molecule has 5 nitrogen and oxygen atoms in total. The minimum absolute atomic E-state index is 0.00672. The van der Waals surface area contributed by atoms with Crippen molar-refractivity contribution in [2.75, 3.05) is 13.2 Å². The van der Waals surface area contributed by atoms with E-state index in [2.05, 4.69) is 28.6 Å². The van der Waals surface area contributed by atoms with Crippen molar-refractivity contribution >= 4 is 15.9 Å². The highest BCUT2D eigenvalue weighted by Gasteiger charge is 2.53. The Morgan fingerprint density at radius 2 is 2.20 bits per heavy atom. The molecule has 4 atom stereocenters. The fraction of sp³-hybridized carbons (Fsp3) is 0.579. The molecule has 1 N–H and O–H groups in total. The van der Waals surface area contributed by atoms with E-state index in [1.54, 1.807) is 0 Å². The Morgan fingerprint density at radius 1 is 1.40 bits per heavy atom. The number of halogens is 1. The third-order valence-corrected chi connectivity index (χ3v) is 5.92. The molecule has 2 aliphatic heterocycles. The lowest BCUT2D eigenvalue weighted by Gasteiger charge is -2.23. The van der Waals surface area contributed by atoms with Crippen LogP contribution in [0.2, 0.25) is 0 Å². The SMILES string of the molecule is C=C1O[C@@H](C)[C@@H]2[C@H](CO)ON(Cc3cccc(Br)c3OCC3CC3)[C@H]12. The van der Waals surface area contributed by atoms with Crippen LogP contribution >= 0.6 is 15.9 Å². The Kier molecular flexibility index (Phi) is 4.79. The van der Waals surface area contributed by atoms with Gasteiger partial charge >= 0.3 is 0 Å². The van der Waals surface area contributed by atoms with Crippen molar-refractivity contribution in [1.82, 2.24) is 5.06 Å². The molecule has 0 amide bonds. The van der Waals surface area contributed by atoms with Gasteiger partial charge in [-0.15, -0.1) is 0 Å². The number of nitrogens with zero attached hydrogens (tertiary/aromatic N) is 1. The fourth-order valence-corrected chi connectivity index (χ4v) is 4.33. The zero-order valence-electron chi connectivity index (χ0n) is 14.4. The van der Waals surface area contributed by atoms with Crippen LogP contribution in [0.5, 0.6) is 5.75 Å². The monoisotopic (exact) mass is 409 g/mol. The van der Waals surface area contributed by atoms with Gasteiger partial charge in [0.15, 0.2) is 0 Å². The molecule has 1 saturated carbocycles. The zero-order chi connectivity index (χ0) is 17.6. The number of hydroxylamine groups is 2. The van der Waals surface area contributed by atoms with Crippen molar-refractivity contribution in [3.63, 3.8) is 0 Å². The summed E-state index contributed by atoms with van der Waals surface area (Å²) in [5.74, 6) is 2.37. The molecule has 25 heavy (non-hydrogen) atoms. The van der Waals surface area contributed by atoms with Crippen LogP contribution in [0.1, 0.15) is 25.3 Å². The predicted molar refractivity (Wildman–Crippen MR) is 96.8 cm³/mol. The number of para-hydroxylation sites is 1. The van der Waals surface area contributed by atoms with E-state index >= 15 is 0 Å². The van der Waals surface area contributed by atoms with Gasteiger partial charge in [-0.05, 0) is 47.7 Å². The Morgan fingerprint density at radius 3 is 2.92 bits per heavy atom. The summed E-state index contributed by atoms with van der Waals surface area (Å²) in [6.07, 6.45) is 2.24. The summed E-state index contributed by atoms with van der Waals surface area (Å²) in [5, 5.41) is 11.6. The van der Waals surface area contributed by atoms with Crippen LogP contribution in [-0.4, -0.2) is 41.6 Å². The van der Waals surface area contributed by atoms with Crippen LogP contribution in [0.3, 0.4) is 0 Å². The summed E-state index contributed by atoms with van der Waals surface area (Å²) in [5.41, 5.74) is 1.06. The highest BCUT2D eigenvalue weighted by molar-refractivity contribution is 9.10. The average Bonchev–Trinajstić information content (AvgIpc) is 3.26. The van der Waals surface area contributed by atoms with Gasteiger partial charge < -0.3 is 14.6 Å². The van der Waals surface area contributed by atoms with Crippen molar-refractivity contribution in [3.8, 4) is 5.75 Å². The van der Waals surface area contributed by atoms with Crippen LogP contribution < -0.4 is 4.74 Å². The van der Waals surface area contributed by atoms with Crippen LogP contribution in [-0.2, 0) is 16.1 Å². The van der Waals surface area contributed by atoms with Gasteiger partial charge in [-0.3, -0.25) is 4.84 Å². The molecule has 0 bridgehead atoms. The molecule has 3 fully saturated rings. The van der Waals surface area contributed by atoms with E-state index in [-0.39, 0.29) is 30.8 Å². The summed E-state index contributed by atoms with van der Waals surface area (Å²) in [7, 11) is 0. The molecule has 2 saturated heterocycles. The van der Waals surface area contributed by atoms with E-state index in [1.807, 2.05) is 24.1 Å². The number of hydrogen-bond donors (Lipinski definition) is 1. The molecule has 6 heteroatoms. The largest absolute Gasteiger partial charge is 0.493 e. The lowest BCUT2D eigenvalue weighted by Crippen LogP contribution is -2.32. The van der Waals surface area contributed by atoms with Crippen LogP contribution in [0.15, 0.2) is 35.0 Å². The Hall–Kier alpha value is -1.08. The van der Waals surface area contributed by atoms with Gasteiger partial charge in [0.05, 0.1) is 30.1 Å². The molecular weight excluding hydrogens is 386 g/mol. The van der Waals surface area contributed by atoms with E-state index < -0.39 is 0 Å². The molecule has 1 aliphatic carbocycles. The van der Waals surface area contributed by atoms with Gasteiger partial charge in [0.1, 0.15) is 29.8 Å². The predicted octanol–water partition coefficient (Wildman–Crippen LogP) is 3.26. The van der Waals surface area contributed by atoms with Crippen LogP contribution in [0.25, 0.3) is 0 Å². The van der Waals surface area contributed by atoms with Gasteiger partial charge in [-0.2, -0.15) is 5.06 Å². The first kappa shape index (κ1) is 17.3. The average molecular weight is 410 g/mol. The van der Waals surface area contributed by atoms with Crippen molar-refractivity contribution < 1.29 is 19.4 Å². The van der Waals surface area contributed by atoms with Crippen molar-refractivity contribution in [2.45, 2.75) is 44.6 Å². The lowest BCUT2D eigenvalue weighted by molar-refractivity contribution is -0.182. The van der Waals surface area contributed by atoms with Gasteiger partial charge in [0.2, 0.25) is 0 Å². The Labute approximate surface area is 156 Å². The highest BCUT2D eigenvalue weighted by atomic mass is 79.9. The minimum Gasteiger partial charge on any atom is -0.493 e. The first-order valence-corrected chi connectivity index (χ1v) is 9.67. The molecule has 0 spiro atoms. The maximum Gasteiger partial charge on any atom is 0.138 e. The molecule has 3 aliphatic rings. The number of rotatable bonds is 6. The second-order valence-corrected chi connectivity index (χ2v) is 8.05. The zero-order valence-corrected chi connectivity index (χ0v) is 15.9. The number of aliphatic hydroxyl groups is 1. The topological polar surface area (TPSA) is 51.2 Å². The smallest absolute Gasteiger partial charge is 0.138 e. The molecule has 1 aromatic rings. The molecule has 2 heterocycles. The quantitative estimate of drug-likeness (QED) is 0.781. The van der Waals surface area contributed by atoms with E-state index in [4.69, 9.17) is 14.3 Å². The summed E-state index contributed by atoms with van der Waals surface area (Å²) in [6.45, 7) is 7.35. The molecule has 0 aromatic heterocycles. The van der Waals surface area contributed by atoms with Gasteiger partial charge in [-0.1, -0.05) is 18.7 Å². The first-order chi connectivity index (χ1) is 12.1. The molecule has 136 valence electrons. The number of benzene rings is 1. The van der Waals surface area contributed by atoms with Crippen LogP contribution in [0.4, 0.5) is 0 Å². The number of ether oxygens (including phenoxy) is 2. The minimum atomic E-state index is -0.262. The standard InChI is InChI=1S/C19H24BrNO4/c1-11-17-16(9-22)25-21(18(17)12(2)24-11)8-14-4-3-5-15(20)19(14)23-10-13-6-7-13/h3-5,11,13,16-18,22H,2,6-10H2,1H3/t11-,16-,17+,18+/m0/s1. The second-order valence-electron chi connectivity index (χ2n) is 7.20. The third-order valence-electron chi connectivity index (χ3n) is 5.30. The van der Waals surface area contributed by atoms with E-state index in [1.165, 1.54) is 12.8 Å². The molecule has 1 aromatic carbocycles. The maximum atomic E-state index is 9.68. The van der Waals surface area contributed by atoms with E-state index in [0.717, 1.165) is 22.4 Å². The Bertz CT molecular complexity index is 663. The second kappa shape index (κ2) is 6.91. The normalized spacial score (nSPS) is 31.9. The van der Waals surface area contributed by atoms with Gasteiger partial charge in [0, 0.05) is 5.56 Å². The van der Waals surface area contributed by atoms with E-state index in [9.17, 15) is 5.11 Å². The molecule has 4 rings (SSSR count). The molecule has 0 radical (unpaired) electrons. The number of hydrogen-bond acceptors (Lipinski definition) is 5. The van der Waals surface area contributed by atoms with Crippen LogP contribution in [0, 0.1) is 11.8 Å². The summed E-state index contributed by atoms with van der Waals surface area (Å²) in [4.78, 5) is 6.03. The molecule has 0 unspecified atom stereocenters. The van der Waals surface area contributed by atoms with Crippen molar-refractivity contribution in [3.05, 3.63) is 40.6 Å². The summed E-state index contributed by atoms with van der Waals surface area (Å²) in [6, 6.07) is 6.01. The molecular formula is C19H24BrNO4. The van der Waals surface area contributed by atoms with Crippen molar-refractivity contribution in [2.24, 2.45) is 11.8 Å². The maximum absolute atomic E-state index is 9.68. The highest BCUT2D eigenvalue weighted by Crippen LogP contribution is 2.43. The third kappa shape index (κ3) is 3.33. The lowest BCUT2D eigenvalue weighted by atomic mass is 9.92. The van der Waals surface area contributed by atoms with E-state index in [0.29, 0.717) is 18.2 Å². The van der Waals surface area contributed by atoms with Crippen molar-refractivity contribution in [1.29, 1.82) is 0 Å². The summed E-state index contributed by atoms with van der Waals surface area (Å²) >= 11 is 3.60. The summed E-state index contributed by atoms with van der Waals surface area (Å²) < 4.78 is 12.8. The van der Waals surface area contributed by atoms with Gasteiger partial charge in [-0.25, -0.2) is 0 Å². The van der Waals surface area contributed by atoms with Gasteiger partial charge in [0.25, 0.3) is 0 Å².